The molecule has 0 radical (unpaired) electrons. The van der Waals surface area contributed by atoms with Crippen LogP contribution in [0.5, 0.6) is 0 Å². The summed E-state index contributed by atoms with van der Waals surface area (Å²) in [4.78, 5) is 11.1. The average Bonchev–Trinajstić information content (AvgIpc) is 2.03. The number of benzene rings is 1. The number of rotatable bonds is 2. The van der Waals surface area contributed by atoms with E-state index in [1.54, 1.807) is 0 Å². The molecule has 0 heterocycles. The van der Waals surface area contributed by atoms with Gasteiger partial charge < -0.3 is 0 Å². The molecule has 1 rings (SSSR count). The highest BCUT2D eigenvalue weighted by molar-refractivity contribution is 5.97. The average molecular weight is 180 g/mol. The first-order chi connectivity index (χ1) is 6.13. The first kappa shape index (κ1) is 9.40. The number of terminal acetylenes is 1. The fraction of sp³-hybridized carbons (Fsp3) is 0.100. The van der Waals surface area contributed by atoms with Gasteiger partial charge >= 0.3 is 0 Å². The van der Waals surface area contributed by atoms with Crippen LogP contribution in [-0.2, 0) is 0 Å². The Morgan fingerprint density at radius 2 is 1.85 bits per heavy atom. The maximum Gasteiger partial charge on any atom is 0.174 e. The number of halogens is 2. The van der Waals surface area contributed by atoms with E-state index in [1.807, 2.05) is 0 Å². The number of hydrogen-bond donors (Lipinski definition) is 0. The lowest BCUT2D eigenvalue weighted by Gasteiger charge is -1.97. The molecule has 0 bridgehead atoms. The van der Waals surface area contributed by atoms with Crippen molar-refractivity contribution in [3.05, 3.63) is 35.4 Å². The number of hydrogen-bond acceptors (Lipinski definition) is 1. The van der Waals surface area contributed by atoms with E-state index < -0.39 is 17.4 Å². The number of carbonyl (C=O) groups is 1. The van der Waals surface area contributed by atoms with E-state index in [4.69, 9.17) is 6.42 Å². The molecule has 0 saturated heterocycles. The summed E-state index contributed by atoms with van der Waals surface area (Å²) < 4.78 is 25.2. The molecule has 0 aliphatic heterocycles. The number of Topliss-reactive ketones (excluding diaryl/α,β-unsaturated/α-hetero) is 1. The monoisotopic (exact) mass is 180 g/mol. The molecule has 0 fully saturated rings. The van der Waals surface area contributed by atoms with Crippen molar-refractivity contribution in [1.29, 1.82) is 0 Å². The molecule has 3 heteroatoms. The van der Waals surface area contributed by atoms with Crippen LogP contribution in [0.2, 0.25) is 0 Å². The van der Waals surface area contributed by atoms with Crippen LogP contribution in [0.4, 0.5) is 8.78 Å². The summed E-state index contributed by atoms with van der Waals surface area (Å²) in [6.07, 6.45) is 4.73. The second kappa shape index (κ2) is 3.81. The summed E-state index contributed by atoms with van der Waals surface area (Å²) in [6.45, 7) is 0. The summed E-state index contributed by atoms with van der Waals surface area (Å²) in [6, 6.07) is 2.62. The van der Waals surface area contributed by atoms with Crippen molar-refractivity contribution < 1.29 is 13.6 Å². The quantitative estimate of drug-likeness (QED) is 0.503. The van der Waals surface area contributed by atoms with E-state index >= 15 is 0 Å². The highest BCUT2D eigenvalue weighted by Crippen LogP contribution is 2.09. The third kappa shape index (κ3) is 2.38. The third-order valence-electron chi connectivity index (χ3n) is 1.45. The highest BCUT2D eigenvalue weighted by Gasteiger charge is 2.07. The molecule has 0 saturated carbocycles. The van der Waals surface area contributed by atoms with Gasteiger partial charge in [-0.25, -0.2) is 8.78 Å². The van der Waals surface area contributed by atoms with Crippen LogP contribution in [0.1, 0.15) is 16.8 Å². The maximum atomic E-state index is 12.6. The van der Waals surface area contributed by atoms with E-state index in [-0.39, 0.29) is 12.0 Å². The molecule has 0 aromatic heterocycles. The van der Waals surface area contributed by atoms with Crippen molar-refractivity contribution in [3.8, 4) is 12.3 Å². The van der Waals surface area contributed by atoms with Crippen LogP contribution in [-0.4, -0.2) is 5.78 Å². The zero-order valence-electron chi connectivity index (χ0n) is 6.68. The van der Waals surface area contributed by atoms with Crippen LogP contribution in [0.15, 0.2) is 18.2 Å². The molecule has 13 heavy (non-hydrogen) atoms. The van der Waals surface area contributed by atoms with Gasteiger partial charge in [0.1, 0.15) is 11.6 Å². The van der Waals surface area contributed by atoms with Gasteiger partial charge in [0.15, 0.2) is 5.78 Å². The molecule has 66 valence electrons. The minimum absolute atomic E-state index is 0.0320. The molecular formula is C10H6F2O. The lowest BCUT2D eigenvalue weighted by atomic mass is 10.1. The zero-order chi connectivity index (χ0) is 9.84. The summed E-state index contributed by atoms with van der Waals surface area (Å²) in [5.74, 6) is 0.0981. The third-order valence-corrected chi connectivity index (χ3v) is 1.45. The Morgan fingerprint density at radius 1 is 1.31 bits per heavy atom. The van der Waals surface area contributed by atoms with Gasteiger partial charge in [0.25, 0.3) is 0 Å². The topological polar surface area (TPSA) is 17.1 Å². The standard InChI is InChI=1S/C10H6F2O/c1-2-3-10(13)7-4-8(11)6-9(12)5-7/h1,4-6H,3H2. The van der Waals surface area contributed by atoms with Crippen LogP contribution in [0, 0.1) is 24.0 Å². The highest BCUT2D eigenvalue weighted by atomic mass is 19.1. The zero-order valence-corrected chi connectivity index (χ0v) is 6.68. The van der Waals surface area contributed by atoms with E-state index in [1.165, 1.54) is 0 Å². The Kier molecular flexibility index (Phi) is 2.76. The van der Waals surface area contributed by atoms with E-state index in [9.17, 15) is 13.6 Å². The molecular weight excluding hydrogens is 174 g/mol. The van der Waals surface area contributed by atoms with Gasteiger partial charge in [0, 0.05) is 11.6 Å². The smallest absolute Gasteiger partial charge is 0.174 e. The van der Waals surface area contributed by atoms with Gasteiger partial charge in [-0.3, -0.25) is 4.79 Å². The van der Waals surface area contributed by atoms with Crippen molar-refractivity contribution in [2.24, 2.45) is 0 Å². The molecule has 1 aromatic rings. The Labute approximate surface area is 74.4 Å². The molecule has 1 nitrogen and oxygen atoms in total. The van der Waals surface area contributed by atoms with Crippen LogP contribution >= 0.6 is 0 Å². The van der Waals surface area contributed by atoms with E-state index in [0.29, 0.717) is 6.07 Å². The summed E-state index contributed by atoms with van der Waals surface area (Å²) in [7, 11) is 0. The minimum Gasteiger partial charge on any atom is -0.293 e. The Balaban J connectivity index is 3.02. The molecule has 0 amide bonds. The molecule has 0 unspecified atom stereocenters. The van der Waals surface area contributed by atoms with Gasteiger partial charge in [-0.15, -0.1) is 6.42 Å². The van der Waals surface area contributed by atoms with Crippen molar-refractivity contribution >= 4 is 5.78 Å². The number of carbonyl (C=O) groups excluding carboxylic acids is 1. The Hall–Kier alpha value is -1.69. The van der Waals surface area contributed by atoms with Gasteiger partial charge in [-0.05, 0) is 12.1 Å². The molecule has 0 atom stereocenters. The van der Waals surface area contributed by atoms with Gasteiger partial charge in [-0.1, -0.05) is 5.92 Å². The van der Waals surface area contributed by atoms with Crippen molar-refractivity contribution in [1.82, 2.24) is 0 Å². The van der Waals surface area contributed by atoms with E-state index in [0.717, 1.165) is 12.1 Å². The SMILES string of the molecule is C#CCC(=O)c1cc(F)cc(F)c1. The largest absolute Gasteiger partial charge is 0.293 e. The normalized spacial score (nSPS) is 9.31. The second-order valence-electron chi connectivity index (χ2n) is 2.46. The molecule has 0 aliphatic carbocycles. The summed E-state index contributed by atoms with van der Waals surface area (Å²) in [5.41, 5.74) is -0.0320. The predicted octanol–water partition coefficient (Wildman–Crippen LogP) is 2.17. The van der Waals surface area contributed by atoms with E-state index in [2.05, 4.69) is 5.92 Å². The van der Waals surface area contributed by atoms with Crippen LogP contribution in [0.25, 0.3) is 0 Å². The summed E-state index contributed by atoms with van der Waals surface area (Å²) in [5, 5.41) is 0. The van der Waals surface area contributed by atoms with Gasteiger partial charge in [0.2, 0.25) is 0 Å². The first-order valence-electron chi connectivity index (χ1n) is 3.56. The minimum atomic E-state index is -0.777. The van der Waals surface area contributed by atoms with Crippen LogP contribution in [0.3, 0.4) is 0 Å². The number of ketones is 1. The maximum absolute atomic E-state index is 12.6. The lowest BCUT2D eigenvalue weighted by Crippen LogP contribution is -1.98. The van der Waals surface area contributed by atoms with Crippen LogP contribution < -0.4 is 0 Å². The molecule has 0 aliphatic rings. The lowest BCUT2D eigenvalue weighted by molar-refractivity contribution is 0.0997. The molecule has 0 spiro atoms. The van der Waals surface area contributed by atoms with Crippen molar-refractivity contribution in [2.45, 2.75) is 6.42 Å². The van der Waals surface area contributed by atoms with Gasteiger partial charge in [0.05, 0.1) is 6.42 Å². The van der Waals surface area contributed by atoms with Gasteiger partial charge in [-0.2, -0.15) is 0 Å². The fourth-order valence-corrected chi connectivity index (χ4v) is 0.910. The second-order valence-corrected chi connectivity index (χ2v) is 2.46. The molecule has 1 aromatic carbocycles. The predicted molar refractivity (Wildman–Crippen MR) is 44.1 cm³/mol. The molecule has 0 N–H and O–H groups in total. The summed E-state index contributed by atoms with van der Waals surface area (Å²) >= 11 is 0. The Bertz CT molecular complexity index is 357. The van der Waals surface area contributed by atoms with Crippen molar-refractivity contribution in [2.75, 3.05) is 0 Å². The first-order valence-corrected chi connectivity index (χ1v) is 3.56. The Morgan fingerprint density at radius 3 is 2.31 bits per heavy atom. The fourth-order valence-electron chi connectivity index (χ4n) is 0.910. The van der Waals surface area contributed by atoms with Crippen molar-refractivity contribution in [3.63, 3.8) is 0 Å².